The number of aromatic nitrogens is 2. The number of aromatic amines is 1. The van der Waals surface area contributed by atoms with Crippen LogP contribution in [0.25, 0.3) is 17.3 Å². The number of benzene rings is 2. The highest BCUT2D eigenvalue weighted by Gasteiger charge is 2.12. The van der Waals surface area contributed by atoms with Crippen molar-refractivity contribution < 1.29 is 14.3 Å². The van der Waals surface area contributed by atoms with E-state index >= 15 is 0 Å². The molecule has 0 aliphatic rings. The number of hydrogen-bond donors (Lipinski definition) is 2. The summed E-state index contributed by atoms with van der Waals surface area (Å²) in [6.45, 7) is 2.39. The lowest BCUT2D eigenvalue weighted by Crippen LogP contribution is -2.26. The number of carbonyl (C=O) groups is 1. The monoisotopic (exact) mass is 416 g/mol. The quantitative estimate of drug-likeness (QED) is 0.431. The van der Waals surface area contributed by atoms with Crippen molar-refractivity contribution in [3.63, 3.8) is 0 Å². The van der Waals surface area contributed by atoms with Gasteiger partial charge >= 0.3 is 0 Å². The van der Waals surface area contributed by atoms with Crippen molar-refractivity contribution in [1.82, 2.24) is 15.5 Å². The first-order chi connectivity index (χ1) is 15.0. The van der Waals surface area contributed by atoms with Crippen molar-refractivity contribution in [2.45, 2.75) is 13.3 Å². The first-order valence-corrected chi connectivity index (χ1v) is 9.77. The molecule has 0 aliphatic heterocycles. The average Bonchev–Trinajstić information content (AvgIpc) is 3.25. The van der Waals surface area contributed by atoms with Crippen molar-refractivity contribution in [2.75, 3.05) is 20.8 Å². The maximum atomic E-state index is 12.5. The highest BCUT2D eigenvalue weighted by molar-refractivity contribution is 6.02. The number of nitriles is 1. The lowest BCUT2D eigenvalue weighted by molar-refractivity contribution is -0.117. The van der Waals surface area contributed by atoms with Gasteiger partial charge in [-0.1, -0.05) is 35.9 Å². The molecule has 0 aliphatic carbocycles. The molecule has 0 bridgehead atoms. The van der Waals surface area contributed by atoms with Crippen LogP contribution in [0.1, 0.15) is 16.7 Å². The Morgan fingerprint density at radius 2 is 1.90 bits per heavy atom. The van der Waals surface area contributed by atoms with Crippen molar-refractivity contribution in [3.05, 3.63) is 70.9 Å². The number of aryl methyl sites for hydroxylation is 1. The first-order valence-electron chi connectivity index (χ1n) is 9.77. The minimum Gasteiger partial charge on any atom is -0.493 e. The normalized spacial score (nSPS) is 11.0. The van der Waals surface area contributed by atoms with E-state index in [4.69, 9.17) is 9.47 Å². The van der Waals surface area contributed by atoms with Gasteiger partial charge in [0.05, 0.1) is 26.1 Å². The summed E-state index contributed by atoms with van der Waals surface area (Å²) in [6, 6.07) is 15.5. The van der Waals surface area contributed by atoms with Gasteiger partial charge in [0.2, 0.25) is 0 Å². The summed E-state index contributed by atoms with van der Waals surface area (Å²) in [7, 11) is 3.16. The van der Waals surface area contributed by atoms with Crippen LogP contribution in [-0.2, 0) is 11.2 Å². The summed E-state index contributed by atoms with van der Waals surface area (Å²) in [5.41, 5.74) is 4.51. The van der Waals surface area contributed by atoms with Gasteiger partial charge in [-0.2, -0.15) is 10.4 Å². The van der Waals surface area contributed by atoms with Crippen LogP contribution in [0.5, 0.6) is 11.5 Å². The minimum absolute atomic E-state index is 0.0158. The maximum Gasteiger partial charge on any atom is 0.261 e. The number of hydrogen-bond acceptors (Lipinski definition) is 5. The molecule has 0 unspecified atom stereocenters. The molecule has 7 heteroatoms. The highest BCUT2D eigenvalue weighted by atomic mass is 16.5. The van der Waals surface area contributed by atoms with E-state index in [0.29, 0.717) is 30.0 Å². The Morgan fingerprint density at radius 1 is 1.16 bits per heavy atom. The summed E-state index contributed by atoms with van der Waals surface area (Å²) in [5.74, 6) is 0.848. The number of nitrogens with zero attached hydrogens (tertiary/aromatic N) is 2. The molecule has 0 saturated carbocycles. The zero-order valence-corrected chi connectivity index (χ0v) is 17.7. The highest BCUT2D eigenvalue weighted by Crippen LogP contribution is 2.27. The van der Waals surface area contributed by atoms with Crippen molar-refractivity contribution in [1.29, 1.82) is 5.26 Å². The number of ether oxygens (including phenoxy) is 2. The molecule has 3 rings (SSSR count). The number of nitrogens with one attached hydrogen (secondary N) is 2. The topological polar surface area (TPSA) is 100 Å². The van der Waals surface area contributed by atoms with Gasteiger partial charge in [0.1, 0.15) is 11.6 Å². The predicted octanol–water partition coefficient (Wildman–Crippen LogP) is 3.67. The molecule has 2 N–H and O–H groups in total. The van der Waals surface area contributed by atoms with Gasteiger partial charge in [0, 0.05) is 17.7 Å². The van der Waals surface area contributed by atoms with Gasteiger partial charge in [-0.15, -0.1) is 0 Å². The van der Waals surface area contributed by atoms with E-state index in [1.807, 2.05) is 55.5 Å². The molecule has 0 spiro atoms. The van der Waals surface area contributed by atoms with E-state index in [-0.39, 0.29) is 5.57 Å². The molecule has 158 valence electrons. The van der Waals surface area contributed by atoms with Crippen LogP contribution < -0.4 is 14.8 Å². The van der Waals surface area contributed by atoms with Gasteiger partial charge in [-0.25, -0.2) is 0 Å². The second-order valence-corrected chi connectivity index (χ2v) is 6.93. The van der Waals surface area contributed by atoms with Crippen LogP contribution in [-0.4, -0.2) is 36.9 Å². The Kier molecular flexibility index (Phi) is 7.07. The molecule has 0 saturated heterocycles. The summed E-state index contributed by atoms with van der Waals surface area (Å²) in [5, 5.41) is 19.3. The van der Waals surface area contributed by atoms with Gasteiger partial charge < -0.3 is 14.8 Å². The SMILES string of the molecule is COc1ccc(CCNC(=O)/C(C#N)=C\c2cn[nH]c2-c2ccc(C)cc2)cc1OC. The van der Waals surface area contributed by atoms with Crippen LogP contribution in [0.4, 0.5) is 0 Å². The molecular weight excluding hydrogens is 392 g/mol. The molecular formula is C24H24N4O3. The van der Waals surface area contributed by atoms with E-state index < -0.39 is 5.91 Å². The van der Waals surface area contributed by atoms with Crippen molar-refractivity contribution in [2.24, 2.45) is 0 Å². The number of methoxy groups -OCH3 is 2. The molecule has 1 aromatic heterocycles. The fraction of sp³-hybridized carbons (Fsp3) is 0.208. The first kappa shape index (κ1) is 21.7. The third-order valence-corrected chi connectivity index (χ3v) is 4.82. The van der Waals surface area contributed by atoms with Crippen LogP contribution in [0.15, 0.2) is 54.2 Å². The van der Waals surface area contributed by atoms with Gasteiger partial charge in [0.15, 0.2) is 11.5 Å². The summed E-state index contributed by atoms with van der Waals surface area (Å²) in [6.07, 6.45) is 3.74. The summed E-state index contributed by atoms with van der Waals surface area (Å²) >= 11 is 0. The average molecular weight is 416 g/mol. The third kappa shape index (κ3) is 5.31. The van der Waals surface area contributed by atoms with Crippen LogP contribution in [0.2, 0.25) is 0 Å². The van der Waals surface area contributed by atoms with Gasteiger partial charge in [-0.3, -0.25) is 9.89 Å². The van der Waals surface area contributed by atoms with E-state index in [0.717, 1.165) is 22.4 Å². The fourth-order valence-electron chi connectivity index (χ4n) is 3.11. The molecule has 3 aromatic rings. The second kappa shape index (κ2) is 10.1. The predicted molar refractivity (Wildman–Crippen MR) is 119 cm³/mol. The van der Waals surface area contributed by atoms with E-state index in [1.165, 1.54) is 0 Å². The Bertz CT molecular complexity index is 1120. The van der Waals surface area contributed by atoms with E-state index in [2.05, 4.69) is 15.5 Å². The number of carbonyl (C=O) groups excluding carboxylic acids is 1. The molecule has 1 heterocycles. The summed E-state index contributed by atoms with van der Waals surface area (Å²) in [4.78, 5) is 12.5. The van der Waals surface area contributed by atoms with Crippen molar-refractivity contribution >= 4 is 12.0 Å². The van der Waals surface area contributed by atoms with Crippen LogP contribution >= 0.6 is 0 Å². The van der Waals surface area contributed by atoms with Crippen molar-refractivity contribution in [3.8, 4) is 28.8 Å². The Balaban J connectivity index is 1.68. The maximum absolute atomic E-state index is 12.5. The third-order valence-electron chi connectivity index (χ3n) is 4.82. The largest absolute Gasteiger partial charge is 0.493 e. The zero-order chi connectivity index (χ0) is 22.2. The lowest BCUT2D eigenvalue weighted by Gasteiger charge is -2.10. The standard InChI is InChI=1S/C24H24N4O3/c1-16-4-7-18(8-5-16)23-20(15-27-28-23)13-19(14-25)24(29)26-11-10-17-6-9-21(30-2)22(12-17)31-3/h4-9,12-13,15H,10-11H2,1-3H3,(H,26,29)(H,27,28)/b19-13-. The number of rotatable bonds is 8. The van der Waals surface area contributed by atoms with Crippen LogP contribution in [0.3, 0.4) is 0 Å². The summed E-state index contributed by atoms with van der Waals surface area (Å²) < 4.78 is 10.5. The van der Waals surface area contributed by atoms with E-state index in [1.54, 1.807) is 26.5 Å². The molecule has 0 atom stereocenters. The minimum atomic E-state index is -0.431. The Hall–Kier alpha value is -4.05. The molecule has 1 amide bonds. The van der Waals surface area contributed by atoms with Crippen LogP contribution in [0, 0.1) is 18.3 Å². The molecule has 7 nitrogen and oxygen atoms in total. The van der Waals surface area contributed by atoms with Gasteiger partial charge in [0.25, 0.3) is 5.91 Å². The van der Waals surface area contributed by atoms with E-state index in [9.17, 15) is 10.1 Å². The Labute approximate surface area is 181 Å². The number of H-pyrrole nitrogens is 1. The number of amides is 1. The Morgan fingerprint density at radius 3 is 2.58 bits per heavy atom. The zero-order valence-electron chi connectivity index (χ0n) is 17.7. The lowest BCUT2D eigenvalue weighted by atomic mass is 10.0. The van der Waals surface area contributed by atoms with Gasteiger partial charge in [-0.05, 0) is 37.1 Å². The molecule has 2 aromatic carbocycles. The molecule has 0 fully saturated rings. The molecule has 0 radical (unpaired) electrons. The fourth-order valence-corrected chi connectivity index (χ4v) is 3.11. The smallest absolute Gasteiger partial charge is 0.261 e. The second-order valence-electron chi connectivity index (χ2n) is 6.93. The molecule has 31 heavy (non-hydrogen) atoms.